The number of rotatable bonds is 1. The van der Waals surface area contributed by atoms with Crippen molar-refractivity contribution in [3.63, 3.8) is 0 Å². The van der Waals surface area contributed by atoms with E-state index in [1.165, 1.54) is 6.92 Å². The third-order valence-corrected chi connectivity index (χ3v) is 3.12. The highest BCUT2D eigenvalue weighted by Gasteiger charge is 2.73. The van der Waals surface area contributed by atoms with Crippen molar-refractivity contribution in [3.8, 4) is 0 Å². The maximum absolute atomic E-state index is 10.7. The van der Waals surface area contributed by atoms with Crippen molar-refractivity contribution in [2.45, 2.75) is 31.0 Å². The average molecular weight is 204 g/mol. The summed E-state index contributed by atoms with van der Waals surface area (Å²) in [6.07, 6.45) is -2.94. The quantitative estimate of drug-likeness (QED) is 0.399. The summed E-state index contributed by atoms with van der Waals surface area (Å²) >= 11 is 0. The molecule has 0 spiro atoms. The predicted octanol–water partition coefficient (Wildman–Crippen LogP) is -1.85. The Kier molecular flexibility index (Phi) is 1.87. The number of carboxylic acids is 1. The van der Waals surface area contributed by atoms with E-state index in [1.54, 1.807) is 0 Å². The molecule has 0 aromatic rings. The maximum atomic E-state index is 10.7. The molecule has 2 rings (SSSR count). The lowest BCUT2D eigenvalue weighted by atomic mass is 9.64. The van der Waals surface area contributed by atoms with Crippen LogP contribution in [0, 0.1) is 11.8 Å². The summed E-state index contributed by atoms with van der Waals surface area (Å²) < 4.78 is 4.97. The Morgan fingerprint density at radius 1 is 1.36 bits per heavy atom. The topological polar surface area (TPSA) is 107 Å². The summed E-state index contributed by atoms with van der Waals surface area (Å²) in [4.78, 5) is 10.7. The number of fused-ring (bicyclic) bond motifs is 1. The number of hydrogen-bond donors (Lipinski definition) is 4. The van der Waals surface area contributed by atoms with Crippen LogP contribution in [-0.4, -0.2) is 50.5 Å². The van der Waals surface area contributed by atoms with Crippen LogP contribution in [0.25, 0.3) is 0 Å². The van der Waals surface area contributed by atoms with Gasteiger partial charge in [-0.15, -0.1) is 0 Å². The molecule has 6 nitrogen and oxygen atoms in total. The fourth-order valence-electron chi connectivity index (χ4n) is 2.37. The highest BCUT2D eigenvalue weighted by atomic mass is 16.7. The molecule has 0 aromatic carbocycles. The van der Waals surface area contributed by atoms with E-state index in [0.29, 0.717) is 0 Å². The summed E-state index contributed by atoms with van der Waals surface area (Å²) in [5, 5.41) is 37.4. The minimum Gasteiger partial charge on any atom is -0.481 e. The first-order valence-corrected chi connectivity index (χ1v) is 4.38. The van der Waals surface area contributed by atoms with Gasteiger partial charge in [-0.25, -0.2) is 0 Å². The standard InChI is InChI=1S/C8H12O6/c1-2-5(9)3-6(10)4(7(11)12)8(3,13)14-2/h2-6,9-10,13H,1H3,(H,11,12). The highest BCUT2D eigenvalue weighted by molar-refractivity contribution is 5.74. The Morgan fingerprint density at radius 3 is 2.43 bits per heavy atom. The van der Waals surface area contributed by atoms with E-state index >= 15 is 0 Å². The molecule has 2 aliphatic rings. The minimum atomic E-state index is -1.91. The summed E-state index contributed by atoms with van der Waals surface area (Å²) in [5.74, 6) is -5.52. The second-order valence-electron chi connectivity index (χ2n) is 3.90. The van der Waals surface area contributed by atoms with Crippen LogP contribution >= 0.6 is 0 Å². The van der Waals surface area contributed by atoms with Crippen molar-refractivity contribution < 1.29 is 30.0 Å². The van der Waals surface area contributed by atoms with Crippen molar-refractivity contribution in [2.24, 2.45) is 11.8 Å². The number of ether oxygens (including phenoxy) is 1. The van der Waals surface area contributed by atoms with Gasteiger partial charge in [0.2, 0.25) is 0 Å². The van der Waals surface area contributed by atoms with Gasteiger partial charge in [-0.2, -0.15) is 0 Å². The normalized spacial score (nSPS) is 56.4. The second kappa shape index (κ2) is 2.66. The van der Waals surface area contributed by atoms with Crippen LogP contribution in [0.3, 0.4) is 0 Å². The molecular weight excluding hydrogens is 192 g/mol. The van der Waals surface area contributed by atoms with Crippen LogP contribution in [0.4, 0.5) is 0 Å². The van der Waals surface area contributed by atoms with E-state index in [0.717, 1.165) is 0 Å². The van der Waals surface area contributed by atoms with Gasteiger partial charge in [0.25, 0.3) is 0 Å². The van der Waals surface area contributed by atoms with Crippen LogP contribution in [0.2, 0.25) is 0 Å². The van der Waals surface area contributed by atoms with Crippen molar-refractivity contribution in [1.82, 2.24) is 0 Å². The number of carboxylic acid groups (broad SMARTS) is 1. The lowest BCUT2D eigenvalue weighted by Crippen LogP contribution is -2.68. The molecule has 80 valence electrons. The van der Waals surface area contributed by atoms with Gasteiger partial charge in [0.05, 0.1) is 24.2 Å². The van der Waals surface area contributed by atoms with Crippen LogP contribution in [0.1, 0.15) is 6.92 Å². The fraction of sp³-hybridized carbons (Fsp3) is 0.875. The first kappa shape index (κ1) is 9.85. The lowest BCUT2D eigenvalue weighted by molar-refractivity contribution is -0.326. The monoisotopic (exact) mass is 204 g/mol. The second-order valence-corrected chi connectivity index (χ2v) is 3.90. The zero-order chi connectivity index (χ0) is 10.7. The molecule has 1 saturated carbocycles. The number of carbonyl (C=O) groups is 1. The third-order valence-electron chi connectivity index (χ3n) is 3.12. The first-order valence-electron chi connectivity index (χ1n) is 4.38. The smallest absolute Gasteiger partial charge is 0.314 e. The molecule has 0 radical (unpaired) electrons. The van der Waals surface area contributed by atoms with Gasteiger partial charge in [0, 0.05) is 0 Å². The molecule has 1 aliphatic carbocycles. The molecule has 4 N–H and O–H groups in total. The van der Waals surface area contributed by atoms with Crippen LogP contribution in [-0.2, 0) is 9.53 Å². The van der Waals surface area contributed by atoms with Gasteiger partial charge >= 0.3 is 5.97 Å². The Morgan fingerprint density at radius 2 is 1.93 bits per heavy atom. The maximum Gasteiger partial charge on any atom is 0.314 e. The van der Waals surface area contributed by atoms with E-state index in [-0.39, 0.29) is 0 Å². The number of aliphatic hydroxyl groups excluding tert-OH is 2. The number of aliphatic hydroxyl groups is 3. The van der Waals surface area contributed by atoms with E-state index in [2.05, 4.69) is 0 Å². The molecule has 6 atom stereocenters. The molecule has 1 aliphatic heterocycles. The molecule has 0 amide bonds. The van der Waals surface area contributed by atoms with Gasteiger partial charge in [-0.05, 0) is 6.92 Å². The van der Waals surface area contributed by atoms with Crippen molar-refractivity contribution in [1.29, 1.82) is 0 Å². The Bertz CT molecular complexity index is 279. The zero-order valence-electron chi connectivity index (χ0n) is 7.49. The largest absolute Gasteiger partial charge is 0.481 e. The minimum absolute atomic E-state index is 0.663. The zero-order valence-corrected chi connectivity index (χ0v) is 7.49. The summed E-state index contributed by atoms with van der Waals surface area (Å²) in [6, 6.07) is 0. The SMILES string of the molecule is CC1OC2(O)C(C(=O)O)C(O)C2C1O. The van der Waals surface area contributed by atoms with E-state index in [9.17, 15) is 20.1 Å². The van der Waals surface area contributed by atoms with Gasteiger partial charge in [0.15, 0.2) is 5.79 Å². The van der Waals surface area contributed by atoms with Crippen LogP contribution in [0.15, 0.2) is 0 Å². The third kappa shape index (κ3) is 0.912. The first-order chi connectivity index (χ1) is 6.39. The van der Waals surface area contributed by atoms with Crippen molar-refractivity contribution >= 4 is 5.97 Å². The Labute approximate surface area is 79.7 Å². The number of aliphatic carboxylic acids is 1. The molecule has 2 fully saturated rings. The summed E-state index contributed by atoms with van der Waals surface area (Å²) in [6.45, 7) is 1.52. The van der Waals surface area contributed by atoms with Gasteiger partial charge in [-0.1, -0.05) is 0 Å². The van der Waals surface area contributed by atoms with Crippen molar-refractivity contribution in [3.05, 3.63) is 0 Å². The summed E-state index contributed by atoms with van der Waals surface area (Å²) in [7, 11) is 0. The molecule has 1 saturated heterocycles. The fourth-order valence-corrected chi connectivity index (χ4v) is 2.37. The number of hydrogen-bond acceptors (Lipinski definition) is 5. The lowest BCUT2D eigenvalue weighted by Gasteiger charge is -2.48. The average Bonchev–Trinajstić information content (AvgIpc) is 2.19. The van der Waals surface area contributed by atoms with E-state index < -0.39 is 41.9 Å². The van der Waals surface area contributed by atoms with Crippen LogP contribution in [0.5, 0.6) is 0 Å². The summed E-state index contributed by atoms with van der Waals surface area (Å²) in [5.41, 5.74) is 0. The van der Waals surface area contributed by atoms with Gasteiger partial charge in [0.1, 0.15) is 5.92 Å². The van der Waals surface area contributed by atoms with Gasteiger partial charge in [-0.3, -0.25) is 4.79 Å². The molecule has 0 bridgehead atoms. The van der Waals surface area contributed by atoms with Gasteiger partial charge < -0.3 is 25.2 Å². The highest BCUT2D eigenvalue weighted by Crippen LogP contribution is 2.53. The Balaban J connectivity index is 2.27. The molecule has 1 heterocycles. The Hall–Kier alpha value is -0.690. The van der Waals surface area contributed by atoms with Crippen molar-refractivity contribution in [2.75, 3.05) is 0 Å². The predicted molar refractivity (Wildman–Crippen MR) is 42.1 cm³/mol. The van der Waals surface area contributed by atoms with E-state index in [4.69, 9.17) is 9.84 Å². The molecule has 14 heavy (non-hydrogen) atoms. The van der Waals surface area contributed by atoms with Crippen LogP contribution < -0.4 is 0 Å². The molecule has 6 heteroatoms. The van der Waals surface area contributed by atoms with E-state index in [1.807, 2.05) is 0 Å². The molecule has 0 aromatic heterocycles. The molecule has 6 unspecified atom stereocenters. The molecular formula is C8H12O6.